The largest absolute Gasteiger partial charge is 2.00 e. The Kier molecular flexibility index (Phi) is 47.0. The molecule has 0 aliphatic rings. The van der Waals surface area contributed by atoms with Gasteiger partial charge in [0.05, 0.1) is 6.61 Å². The third kappa shape index (κ3) is 23.6. The van der Waals surface area contributed by atoms with Gasteiger partial charge >= 0.3 is 21.1 Å². The van der Waals surface area contributed by atoms with Crippen molar-refractivity contribution in [1.29, 1.82) is 0 Å². The molecule has 42 valence electrons. The summed E-state index contributed by atoms with van der Waals surface area (Å²) in [6, 6.07) is 0. The average molecular weight is 273 g/mol. The Labute approximate surface area is 51.1 Å². The van der Waals surface area contributed by atoms with E-state index in [1.165, 1.54) is 0 Å². The molecule has 0 aliphatic heterocycles. The van der Waals surface area contributed by atoms with Crippen molar-refractivity contribution in [2.75, 3.05) is 13.2 Å². The number of aliphatic hydroxyl groups is 1. The number of rotatable bonds is 1. The molecule has 0 fully saturated rings. The molecule has 0 saturated carbocycles. The van der Waals surface area contributed by atoms with Gasteiger partial charge in [0.2, 0.25) is 0 Å². The third-order valence-corrected chi connectivity index (χ3v) is 0.129. The fourth-order valence-electron chi connectivity index (χ4n) is 0. The molecule has 3 nitrogen and oxygen atoms in total. The molecule has 0 saturated heterocycles. The summed E-state index contributed by atoms with van der Waals surface area (Å²) in [6.45, 7) is 0.472. The van der Waals surface area contributed by atoms with Gasteiger partial charge < -0.3 is 16.3 Å². The van der Waals surface area contributed by atoms with Crippen molar-refractivity contribution in [3.8, 4) is 0 Å². The van der Waals surface area contributed by atoms with E-state index in [4.69, 9.17) is 10.8 Å². The van der Waals surface area contributed by atoms with Gasteiger partial charge in [-0.3, -0.25) is 0 Å². The molecule has 4 heteroatoms. The van der Waals surface area contributed by atoms with Crippen LogP contribution in [0.1, 0.15) is 0 Å². The molecular weight excluding hydrogens is 265 g/mol. The second-order valence-electron chi connectivity index (χ2n) is 0.512. The predicted octanol–water partition coefficient (Wildman–Crippen LogP) is -1.24. The minimum Gasteiger partial charge on any atom is -0.870 e. The summed E-state index contributed by atoms with van der Waals surface area (Å²) in [5.74, 6) is 0. The Balaban J connectivity index is -0.0000000450. The van der Waals surface area contributed by atoms with Gasteiger partial charge in [-0.2, -0.15) is 0 Å². The van der Waals surface area contributed by atoms with Crippen LogP contribution in [-0.4, -0.2) is 23.7 Å². The van der Waals surface area contributed by atoms with Crippen molar-refractivity contribution in [1.82, 2.24) is 0 Å². The van der Waals surface area contributed by atoms with E-state index < -0.39 is 0 Å². The van der Waals surface area contributed by atoms with Gasteiger partial charge in [-0.25, -0.2) is 0 Å². The molecule has 0 atom stereocenters. The Morgan fingerprint density at radius 1 is 1.50 bits per heavy atom. The van der Waals surface area contributed by atoms with Gasteiger partial charge in [-0.15, -0.1) is 0 Å². The van der Waals surface area contributed by atoms with Gasteiger partial charge in [0.1, 0.15) is 0 Å². The van der Waals surface area contributed by atoms with Gasteiger partial charge in [0.25, 0.3) is 0 Å². The first-order valence-corrected chi connectivity index (χ1v) is 1.22. The first-order valence-electron chi connectivity index (χ1n) is 1.22. The molecule has 6 heavy (non-hydrogen) atoms. The smallest absolute Gasteiger partial charge is 0.870 e. The summed E-state index contributed by atoms with van der Waals surface area (Å²) in [5.41, 5.74) is 4.78. The molecule has 0 aromatic carbocycles. The van der Waals surface area contributed by atoms with Crippen LogP contribution >= 0.6 is 0 Å². The van der Waals surface area contributed by atoms with Gasteiger partial charge in [0.15, 0.2) is 0 Å². The Morgan fingerprint density at radius 2 is 1.67 bits per heavy atom. The molecule has 0 spiro atoms. The molecule has 0 aliphatic carbocycles. The van der Waals surface area contributed by atoms with Gasteiger partial charge in [-0.1, -0.05) is 0 Å². The maximum absolute atomic E-state index is 7.75. The summed E-state index contributed by atoms with van der Waals surface area (Å²) in [5, 5.41) is 7.75. The molecule has 0 amide bonds. The molecule has 0 rings (SSSR count). The Bertz CT molecular complexity index is 13.5. The molecule has 0 bridgehead atoms. The molecule has 4 N–H and O–H groups in total. The zero-order valence-electron chi connectivity index (χ0n) is 3.20. The Hall–Kier alpha value is 0.568. The van der Waals surface area contributed by atoms with E-state index in [-0.39, 0.29) is 33.1 Å². The van der Waals surface area contributed by atoms with E-state index in [0.29, 0.717) is 6.54 Å². The SMILES string of the molecule is NCCO.[OH-].[Pt+2]. The fraction of sp³-hybridized carbons (Fsp3) is 1.00. The van der Waals surface area contributed by atoms with Crippen LogP contribution in [0.15, 0.2) is 0 Å². The molecule has 0 heterocycles. The summed E-state index contributed by atoms with van der Waals surface area (Å²) < 4.78 is 0. The fourth-order valence-corrected chi connectivity index (χ4v) is 0. The first-order chi connectivity index (χ1) is 1.91. The van der Waals surface area contributed by atoms with Crippen LogP contribution in [0.4, 0.5) is 0 Å². The van der Waals surface area contributed by atoms with E-state index in [0.717, 1.165) is 0 Å². The zero-order chi connectivity index (χ0) is 3.41. The molecule has 0 unspecified atom stereocenters. The minimum absolute atomic E-state index is 0. The van der Waals surface area contributed by atoms with Gasteiger partial charge in [0, 0.05) is 6.54 Å². The molecule has 0 radical (unpaired) electrons. The first kappa shape index (κ1) is 16.0. The quantitative estimate of drug-likeness (QED) is 0.627. The summed E-state index contributed by atoms with van der Waals surface area (Å²) in [7, 11) is 0. The molecular formula is C2H8NO2Pt+. The number of nitrogens with two attached hydrogens (primary N) is 1. The second-order valence-corrected chi connectivity index (χ2v) is 0.512. The maximum Gasteiger partial charge on any atom is 2.00 e. The van der Waals surface area contributed by atoms with Crippen LogP contribution in [0.3, 0.4) is 0 Å². The van der Waals surface area contributed by atoms with Crippen LogP contribution in [0.2, 0.25) is 0 Å². The zero-order valence-corrected chi connectivity index (χ0v) is 5.47. The van der Waals surface area contributed by atoms with E-state index in [9.17, 15) is 0 Å². The van der Waals surface area contributed by atoms with Crippen molar-refractivity contribution < 1.29 is 31.6 Å². The minimum atomic E-state index is 0. The third-order valence-electron chi connectivity index (χ3n) is 0.129. The predicted molar refractivity (Wildman–Crippen MR) is 18.1 cm³/mol. The monoisotopic (exact) mass is 273 g/mol. The van der Waals surface area contributed by atoms with E-state index in [2.05, 4.69) is 0 Å². The van der Waals surface area contributed by atoms with Crippen LogP contribution in [0.25, 0.3) is 0 Å². The summed E-state index contributed by atoms with van der Waals surface area (Å²) in [6.07, 6.45) is 0. The van der Waals surface area contributed by atoms with Crippen molar-refractivity contribution in [3.63, 3.8) is 0 Å². The van der Waals surface area contributed by atoms with Crippen LogP contribution in [0.5, 0.6) is 0 Å². The normalized spacial score (nSPS) is 5.00. The second kappa shape index (κ2) is 17.6. The van der Waals surface area contributed by atoms with E-state index in [1.807, 2.05) is 0 Å². The number of hydrogen-bond donors (Lipinski definition) is 2. The Morgan fingerprint density at radius 3 is 1.67 bits per heavy atom. The van der Waals surface area contributed by atoms with E-state index >= 15 is 0 Å². The maximum atomic E-state index is 7.75. The van der Waals surface area contributed by atoms with Crippen molar-refractivity contribution in [3.05, 3.63) is 0 Å². The van der Waals surface area contributed by atoms with Crippen molar-refractivity contribution in [2.24, 2.45) is 5.73 Å². The van der Waals surface area contributed by atoms with E-state index in [1.54, 1.807) is 0 Å². The van der Waals surface area contributed by atoms with Crippen LogP contribution in [0, 0.1) is 0 Å². The van der Waals surface area contributed by atoms with Crippen molar-refractivity contribution in [2.45, 2.75) is 0 Å². The summed E-state index contributed by atoms with van der Waals surface area (Å²) in [4.78, 5) is 0. The number of aliphatic hydroxyl groups excluding tert-OH is 1. The standard InChI is InChI=1S/C2H7NO.H2O.Pt/c3-1-2-4;;/h4H,1-3H2;1H2;/q;;+2/p-1. The average Bonchev–Trinajstić information content (AvgIpc) is 1.37. The molecule has 0 aromatic rings. The van der Waals surface area contributed by atoms with Gasteiger partial charge in [-0.05, 0) is 0 Å². The van der Waals surface area contributed by atoms with Crippen molar-refractivity contribution >= 4 is 0 Å². The molecule has 0 aromatic heterocycles. The van der Waals surface area contributed by atoms with Crippen LogP contribution < -0.4 is 5.73 Å². The topological polar surface area (TPSA) is 76.2 Å². The number of hydrogen-bond acceptors (Lipinski definition) is 3. The summed E-state index contributed by atoms with van der Waals surface area (Å²) >= 11 is 0. The van der Waals surface area contributed by atoms with Crippen LogP contribution in [-0.2, 0) is 21.1 Å².